The zero-order valence-corrected chi connectivity index (χ0v) is 13.1. The maximum absolute atomic E-state index is 13.3. The van der Waals surface area contributed by atoms with Crippen molar-refractivity contribution >= 4 is 28.5 Å². The summed E-state index contributed by atoms with van der Waals surface area (Å²) in [5, 5.41) is 19.9. The van der Waals surface area contributed by atoms with E-state index in [0.29, 0.717) is 22.5 Å². The Labute approximate surface area is 136 Å². The number of aromatic nitrogens is 4. The molecule has 0 aliphatic rings. The Morgan fingerprint density at radius 1 is 1.25 bits per heavy atom. The van der Waals surface area contributed by atoms with Gasteiger partial charge in [-0.3, -0.25) is 4.68 Å². The van der Waals surface area contributed by atoms with Gasteiger partial charge in [-0.15, -0.1) is 0 Å². The van der Waals surface area contributed by atoms with Crippen LogP contribution in [0.1, 0.15) is 6.92 Å². The molecule has 2 aromatic heterocycles. The van der Waals surface area contributed by atoms with Crippen molar-refractivity contribution in [3.63, 3.8) is 0 Å². The van der Waals surface area contributed by atoms with Gasteiger partial charge in [0, 0.05) is 24.8 Å². The minimum atomic E-state index is -0.964. The van der Waals surface area contributed by atoms with Crippen LogP contribution in [-0.2, 0) is 7.05 Å². The van der Waals surface area contributed by atoms with Crippen molar-refractivity contribution in [1.29, 1.82) is 0 Å². The Bertz CT molecular complexity index is 882. The van der Waals surface area contributed by atoms with Crippen molar-refractivity contribution in [2.45, 2.75) is 13.0 Å². The summed E-state index contributed by atoms with van der Waals surface area (Å²) in [6, 6.07) is 3.21. The number of aryl methyl sites for hydroxylation is 1. The minimum Gasteiger partial charge on any atom is -0.394 e. The van der Waals surface area contributed by atoms with Crippen molar-refractivity contribution in [3.05, 3.63) is 36.0 Å². The van der Waals surface area contributed by atoms with E-state index in [2.05, 4.69) is 25.7 Å². The molecule has 126 valence electrons. The third kappa shape index (κ3) is 3.11. The minimum absolute atomic E-state index is 0.0717. The molecular formula is C15H16F2N6O. The van der Waals surface area contributed by atoms with Crippen LogP contribution in [-0.4, -0.2) is 37.5 Å². The Morgan fingerprint density at radius 2 is 2.04 bits per heavy atom. The van der Waals surface area contributed by atoms with E-state index in [9.17, 15) is 13.9 Å². The largest absolute Gasteiger partial charge is 0.394 e. The van der Waals surface area contributed by atoms with Gasteiger partial charge in [-0.05, 0) is 19.1 Å². The fourth-order valence-electron chi connectivity index (χ4n) is 2.17. The fraction of sp³-hybridized carbons (Fsp3) is 0.267. The van der Waals surface area contributed by atoms with E-state index in [1.165, 1.54) is 6.07 Å². The highest BCUT2D eigenvalue weighted by Crippen LogP contribution is 2.24. The van der Waals surface area contributed by atoms with Crippen molar-refractivity contribution in [3.8, 4) is 0 Å². The molecule has 0 saturated carbocycles. The van der Waals surface area contributed by atoms with Gasteiger partial charge in [-0.25, -0.2) is 8.78 Å². The second-order valence-corrected chi connectivity index (χ2v) is 5.38. The molecule has 0 spiro atoms. The number of benzene rings is 1. The Hall–Kier alpha value is -2.81. The van der Waals surface area contributed by atoms with Crippen molar-refractivity contribution in [2.75, 3.05) is 17.2 Å². The highest BCUT2D eigenvalue weighted by Gasteiger charge is 2.14. The number of halogens is 2. The van der Waals surface area contributed by atoms with Crippen molar-refractivity contribution in [1.82, 2.24) is 19.7 Å². The smallest absolute Gasteiger partial charge is 0.231 e. The van der Waals surface area contributed by atoms with Gasteiger partial charge in [0.15, 0.2) is 17.3 Å². The van der Waals surface area contributed by atoms with Crippen LogP contribution in [0.4, 0.5) is 26.2 Å². The molecule has 1 aromatic carbocycles. The molecule has 2 heterocycles. The Kier molecular flexibility index (Phi) is 4.26. The zero-order valence-electron chi connectivity index (χ0n) is 13.1. The van der Waals surface area contributed by atoms with Gasteiger partial charge < -0.3 is 15.7 Å². The van der Waals surface area contributed by atoms with Gasteiger partial charge >= 0.3 is 0 Å². The van der Waals surface area contributed by atoms with Crippen LogP contribution in [0.2, 0.25) is 0 Å². The quantitative estimate of drug-likeness (QED) is 0.663. The molecule has 24 heavy (non-hydrogen) atoms. The predicted octanol–water partition coefficient (Wildman–Crippen LogP) is 2.18. The average Bonchev–Trinajstić information content (AvgIpc) is 2.92. The summed E-state index contributed by atoms with van der Waals surface area (Å²) in [6.45, 7) is 1.73. The van der Waals surface area contributed by atoms with Crippen LogP contribution in [0.25, 0.3) is 11.0 Å². The monoisotopic (exact) mass is 334 g/mol. The lowest BCUT2D eigenvalue weighted by atomic mass is 10.3. The molecular weight excluding hydrogens is 318 g/mol. The van der Waals surface area contributed by atoms with Crippen molar-refractivity contribution in [2.24, 2.45) is 7.05 Å². The first kappa shape index (κ1) is 16.1. The van der Waals surface area contributed by atoms with Crippen molar-refractivity contribution < 1.29 is 13.9 Å². The van der Waals surface area contributed by atoms with Gasteiger partial charge in [0.05, 0.1) is 18.2 Å². The van der Waals surface area contributed by atoms with Crippen LogP contribution in [0.5, 0.6) is 0 Å². The zero-order chi connectivity index (χ0) is 17.3. The molecule has 0 bridgehead atoms. The van der Waals surface area contributed by atoms with Crippen LogP contribution in [0.15, 0.2) is 24.4 Å². The first-order chi connectivity index (χ1) is 11.5. The van der Waals surface area contributed by atoms with Gasteiger partial charge in [-0.1, -0.05) is 0 Å². The lowest BCUT2D eigenvalue weighted by Gasteiger charge is -2.14. The highest BCUT2D eigenvalue weighted by molar-refractivity contribution is 5.87. The molecule has 0 amide bonds. The molecule has 7 nitrogen and oxygen atoms in total. The molecule has 0 unspecified atom stereocenters. The molecule has 3 aromatic rings. The number of nitrogens with one attached hydrogen (secondary N) is 2. The Balaban J connectivity index is 2.00. The standard InChI is InChI=1S/C15H16F2N6O/c1-8(7-24)19-13-10-6-18-23(2)14(10)22-15(21-13)20-9-3-4-11(16)12(17)5-9/h3-6,8,24H,7H2,1-2H3,(H2,19,20,21,22)/t8-/m0/s1. The molecule has 0 aliphatic heterocycles. The van der Waals surface area contributed by atoms with Gasteiger partial charge in [-0.2, -0.15) is 15.1 Å². The predicted molar refractivity (Wildman–Crippen MR) is 86.1 cm³/mol. The van der Waals surface area contributed by atoms with E-state index in [1.54, 1.807) is 24.9 Å². The third-order valence-corrected chi connectivity index (χ3v) is 3.42. The van der Waals surface area contributed by atoms with E-state index in [0.717, 1.165) is 12.1 Å². The number of fused-ring (bicyclic) bond motifs is 1. The molecule has 0 fully saturated rings. The van der Waals surface area contributed by atoms with Crippen LogP contribution >= 0.6 is 0 Å². The number of hydrogen-bond donors (Lipinski definition) is 3. The maximum atomic E-state index is 13.3. The van der Waals surface area contributed by atoms with E-state index >= 15 is 0 Å². The normalized spacial score (nSPS) is 12.4. The van der Waals surface area contributed by atoms with E-state index < -0.39 is 11.6 Å². The molecule has 1 atom stereocenters. The molecule has 0 saturated heterocycles. The van der Waals surface area contributed by atoms with E-state index in [4.69, 9.17) is 0 Å². The summed E-state index contributed by atoms with van der Waals surface area (Å²) < 4.78 is 27.9. The maximum Gasteiger partial charge on any atom is 0.231 e. The lowest BCUT2D eigenvalue weighted by Crippen LogP contribution is -2.20. The summed E-state index contributed by atoms with van der Waals surface area (Å²) in [6.07, 6.45) is 1.61. The van der Waals surface area contributed by atoms with Gasteiger partial charge in [0.1, 0.15) is 5.82 Å². The second-order valence-electron chi connectivity index (χ2n) is 5.38. The topological polar surface area (TPSA) is 87.9 Å². The number of aliphatic hydroxyl groups excluding tert-OH is 1. The van der Waals surface area contributed by atoms with Crippen LogP contribution in [0.3, 0.4) is 0 Å². The summed E-state index contributed by atoms with van der Waals surface area (Å²) in [5.74, 6) is -1.21. The van der Waals surface area contributed by atoms with Crippen LogP contribution in [0, 0.1) is 11.6 Å². The second kappa shape index (κ2) is 6.36. The van der Waals surface area contributed by atoms with E-state index in [1.807, 2.05) is 0 Å². The summed E-state index contributed by atoms with van der Waals surface area (Å²) >= 11 is 0. The molecule has 0 aliphatic carbocycles. The first-order valence-corrected chi connectivity index (χ1v) is 7.27. The molecule has 0 radical (unpaired) electrons. The van der Waals surface area contributed by atoms with Gasteiger partial charge in [0.2, 0.25) is 5.95 Å². The molecule has 3 N–H and O–H groups in total. The van der Waals surface area contributed by atoms with Crippen LogP contribution < -0.4 is 10.6 Å². The summed E-state index contributed by atoms with van der Waals surface area (Å²) in [4.78, 5) is 8.67. The third-order valence-electron chi connectivity index (χ3n) is 3.42. The fourth-order valence-corrected chi connectivity index (χ4v) is 2.17. The average molecular weight is 334 g/mol. The SMILES string of the molecule is C[C@@H](CO)Nc1nc(Nc2ccc(F)c(F)c2)nc2c1cnn2C. The number of rotatable bonds is 5. The number of nitrogens with zero attached hydrogens (tertiary/aromatic N) is 4. The number of aliphatic hydroxyl groups is 1. The highest BCUT2D eigenvalue weighted by atomic mass is 19.2. The number of anilines is 3. The van der Waals surface area contributed by atoms with E-state index in [-0.39, 0.29) is 18.6 Å². The molecule has 9 heteroatoms. The summed E-state index contributed by atoms with van der Waals surface area (Å²) in [7, 11) is 1.73. The lowest BCUT2D eigenvalue weighted by molar-refractivity contribution is 0.281. The summed E-state index contributed by atoms with van der Waals surface area (Å²) in [5.41, 5.74) is 0.874. The first-order valence-electron chi connectivity index (χ1n) is 7.27. The number of hydrogen-bond acceptors (Lipinski definition) is 6. The Morgan fingerprint density at radius 3 is 2.75 bits per heavy atom. The molecule has 3 rings (SSSR count). The van der Waals surface area contributed by atoms with Gasteiger partial charge in [0.25, 0.3) is 0 Å².